The Morgan fingerprint density at radius 3 is 2.70 bits per heavy atom. The molecule has 2 N–H and O–H groups in total. The molecule has 2 aromatic rings. The van der Waals surface area contributed by atoms with Gasteiger partial charge in [0.15, 0.2) is 0 Å². The Labute approximate surface area is 158 Å². The standard InChI is InChI=1S/C20H25FN4O2/c1-12(2)9-23-16-10-26-19-17(11-27-18(16)19)25-20-22-7-6-15(24-20)13-4-3-5-14(21)8-13/h3-8,12,16-19,23H,9-11H2,1-2H3,(H,22,24,25)/t16-,17-,18+,19+/m0/s1. The molecule has 4 rings (SSSR count). The molecule has 1 aromatic carbocycles. The molecule has 4 atom stereocenters. The van der Waals surface area contributed by atoms with E-state index in [0.717, 1.165) is 12.1 Å². The van der Waals surface area contributed by atoms with Crippen molar-refractivity contribution in [2.24, 2.45) is 5.92 Å². The van der Waals surface area contributed by atoms with Crippen LogP contribution in [-0.2, 0) is 9.47 Å². The summed E-state index contributed by atoms with van der Waals surface area (Å²) in [5.41, 5.74) is 1.39. The average molecular weight is 372 g/mol. The second-order valence-electron chi connectivity index (χ2n) is 7.53. The van der Waals surface area contributed by atoms with Crippen LogP contribution < -0.4 is 10.6 Å². The van der Waals surface area contributed by atoms with Gasteiger partial charge in [0, 0.05) is 11.8 Å². The molecular weight excluding hydrogens is 347 g/mol. The van der Waals surface area contributed by atoms with Crippen LogP contribution in [0.2, 0.25) is 0 Å². The second-order valence-corrected chi connectivity index (χ2v) is 7.53. The molecular formula is C20H25FN4O2. The van der Waals surface area contributed by atoms with E-state index in [1.165, 1.54) is 12.1 Å². The fraction of sp³-hybridized carbons (Fsp3) is 0.500. The largest absolute Gasteiger partial charge is 0.371 e. The van der Waals surface area contributed by atoms with Crippen molar-refractivity contribution < 1.29 is 13.9 Å². The van der Waals surface area contributed by atoms with Crippen molar-refractivity contribution >= 4 is 5.95 Å². The minimum absolute atomic E-state index is 0.0105. The van der Waals surface area contributed by atoms with Crippen molar-refractivity contribution in [3.63, 3.8) is 0 Å². The summed E-state index contributed by atoms with van der Waals surface area (Å²) in [7, 11) is 0. The van der Waals surface area contributed by atoms with Crippen LogP contribution in [0.25, 0.3) is 11.3 Å². The van der Waals surface area contributed by atoms with Gasteiger partial charge in [0.05, 0.1) is 31.0 Å². The summed E-state index contributed by atoms with van der Waals surface area (Å²) in [5.74, 6) is 0.790. The van der Waals surface area contributed by atoms with E-state index in [1.54, 1.807) is 18.3 Å². The highest BCUT2D eigenvalue weighted by atomic mass is 19.1. The van der Waals surface area contributed by atoms with Gasteiger partial charge in [-0.3, -0.25) is 0 Å². The summed E-state index contributed by atoms with van der Waals surface area (Å²) in [6.45, 7) is 6.50. The highest BCUT2D eigenvalue weighted by Crippen LogP contribution is 2.29. The zero-order chi connectivity index (χ0) is 18.8. The molecule has 0 unspecified atom stereocenters. The van der Waals surface area contributed by atoms with Crippen molar-refractivity contribution in [3.05, 3.63) is 42.3 Å². The number of hydrogen-bond donors (Lipinski definition) is 2. The Kier molecular flexibility index (Phi) is 5.33. The van der Waals surface area contributed by atoms with Crippen LogP contribution in [0.3, 0.4) is 0 Å². The lowest BCUT2D eigenvalue weighted by Gasteiger charge is -2.19. The summed E-state index contributed by atoms with van der Waals surface area (Å²) in [4.78, 5) is 8.83. The Morgan fingerprint density at radius 1 is 1.15 bits per heavy atom. The third kappa shape index (κ3) is 4.10. The lowest BCUT2D eigenvalue weighted by atomic mass is 10.1. The third-order valence-corrected chi connectivity index (χ3v) is 4.93. The van der Waals surface area contributed by atoms with Gasteiger partial charge >= 0.3 is 0 Å². The van der Waals surface area contributed by atoms with E-state index in [9.17, 15) is 4.39 Å². The lowest BCUT2D eigenvalue weighted by Crippen LogP contribution is -2.43. The minimum Gasteiger partial charge on any atom is -0.371 e. The van der Waals surface area contributed by atoms with Gasteiger partial charge in [-0.2, -0.15) is 0 Å². The van der Waals surface area contributed by atoms with Crippen LogP contribution in [0, 0.1) is 11.7 Å². The van der Waals surface area contributed by atoms with Crippen LogP contribution >= 0.6 is 0 Å². The molecule has 0 amide bonds. The fourth-order valence-electron chi connectivity index (χ4n) is 3.59. The molecule has 0 bridgehead atoms. The van der Waals surface area contributed by atoms with Crippen LogP contribution in [0.5, 0.6) is 0 Å². The van der Waals surface area contributed by atoms with E-state index in [0.29, 0.717) is 30.8 Å². The van der Waals surface area contributed by atoms with Crippen molar-refractivity contribution in [3.8, 4) is 11.3 Å². The highest BCUT2D eigenvalue weighted by molar-refractivity contribution is 5.59. The number of aromatic nitrogens is 2. The molecule has 2 aliphatic rings. The maximum absolute atomic E-state index is 13.5. The maximum Gasteiger partial charge on any atom is 0.223 e. The fourth-order valence-corrected chi connectivity index (χ4v) is 3.59. The summed E-state index contributed by atoms with van der Waals surface area (Å²) >= 11 is 0. The summed E-state index contributed by atoms with van der Waals surface area (Å²) in [6.07, 6.45) is 1.68. The molecule has 0 radical (unpaired) electrons. The van der Waals surface area contributed by atoms with Gasteiger partial charge in [0.2, 0.25) is 5.95 Å². The van der Waals surface area contributed by atoms with Crippen LogP contribution in [-0.4, -0.2) is 54.0 Å². The predicted octanol–water partition coefficient (Wildman–Crippen LogP) is 2.48. The first-order chi connectivity index (χ1) is 13.1. The normalized spacial score (nSPS) is 27.1. The highest BCUT2D eigenvalue weighted by Gasteiger charge is 2.47. The van der Waals surface area contributed by atoms with E-state index in [-0.39, 0.29) is 30.1 Å². The molecule has 144 valence electrons. The van der Waals surface area contributed by atoms with Crippen molar-refractivity contribution in [2.75, 3.05) is 25.1 Å². The first kappa shape index (κ1) is 18.3. The van der Waals surface area contributed by atoms with Gasteiger partial charge in [-0.1, -0.05) is 26.0 Å². The van der Waals surface area contributed by atoms with E-state index in [1.807, 2.05) is 6.07 Å². The molecule has 6 nitrogen and oxygen atoms in total. The third-order valence-electron chi connectivity index (χ3n) is 4.93. The monoisotopic (exact) mass is 372 g/mol. The summed E-state index contributed by atoms with van der Waals surface area (Å²) in [6, 6.07) is 8.35. The number of halogens is 1. The number of ether oxygens (including phenoxy) is 2. The van der Waals surface area contributed by atoms with Gasteiger partial charge in [-0.15, -0.1) is 0 Å². The van der Waals surface area contributed by atoms with Gasteiger partial charge in [0.1, 0.15) is 18.0 Å². The van der Waals surface area contributed by atoms with Crippen molar-refractivity contribution in [1.82, 2.24) is 15.3 Å². The number of benzene rings is 1. The number of rotatable bonds is 6. The SMILES string of the molecule is CC(C)CN[C@H]1CO[C@H]2[C@@H]1OC[C@@H]2Nc1nccc(-c2cccc(F)c2)n1. The van der Waals surface area contributed by atoms with E-state index < -0.39 is 0 Å². The van der Waals surface area contributed by atoms with Gasteiger partial charge < -0.3 is 20.1 Å². The number of hydrogen-bond acceptors (Lipinski definition) is 6. The van der Waals surface area contributed by atoms with Crippen molar-refractivity contribution in [1.29, 1.82) is 0 Å². The van der Waals surface area contributed by atoms with Crippen molar-refractivity contribution in [2.45, 2.75) is 38.1 Å². The average Bonchev–Trinajstić information content (AvgIpc) is 3.23. The number of anilines is 1. The minimum atomic E-state index is -0.285. The molecule has 27 heavy (non-hydrogen) atoms. The number of fused-ring (bicyclic) bond motifs is 1. The molecule has 1 aromatic heterocycles. The zero-order valence-electron chi connectivity index (χ0n) is 15.6. The lowest BCUT2D eigenvalue weighted by molar-refractivity contribution is 0.0674. The van der Waals surface area contributed by atoms with Gasteiger partial charge in [0.25, 0.3) is 0 Å². The Morgan fingerprint density at radius 2 is 1.93 bits per heavy atom. The summed E-state index contributed by atoms with van der Waals surface area (Å²) < 4.78 is 25.4. The van der Waals surface area contributed by atoms with Crippen LogP contribution in [0.4, 0.5) is 10.3 Å². The maximum atomic E-state index is 13.5. The Bertz CT molecular complexity index is 788. The van der Waals surface area contributed by atoms with Gasteiger partial charge in [-0.25, -0.2) is 14.4 Å². The Hall–Kier alpha value is -2.09. The summed E-state index contributed by atoms with van der Waals surface area (Å²) in [5, 5.41) is 6.86. The molecule has 0 aliphatic carbocycles. The molecule has 7 heteroatoms. The van der Waals surface area contributed by atoms with E-state index >= 15 is 0 Å². The molecule has 0 saturated carbocycles. The number of nitrogens with zero attached hydrogens (tertiary/aromatic N) is 2. The van der Waals surface area contributed by atoms with E-state index in [4.69, 9.17) is 9.47 Å². The van der Waals surface area contributed by atoms with Gasteiger partial charge in [-0.05, 0) is 30.7 Å². The smallest absolute Gasteiger partial charge is 0.223 e. The predicted molar refractivity (Wildman–Crippen MR) is 101 cm³/mol. The molecule has 0 spiro atoms. The molecule has 2 saturated heterocycles. The van der Waals surface area contributed by atoms with Crippen LogP contribution in [0.15, 0.2) is 36.5 Å². The van der Waals surface area contributed by atoms with Crippen LogP contribution in [0.1, 0.15) is 13.8 Å². The number of nitrogens with one attached hydrogen (secondary N) is 2. The first-order valence-corrected chi connectivity index (χ1v) is 9.42. The quantitative estimate of drug-likeness (QED) is 0.812. The molecule has 3 heterocycles. The van der Waals surface area contributed by atoms with E-state index in [2.05, 4.69) is 34.4 Å². The molecule has 2 aliphatic heterocycles. The topological polar surface area (TPSA) is 68.3 Å². The first-order valence-electron chi connectivity index (χ1n) is 9.42. The second kappa shape index (κ2) is 7.88. The molecule has 2 fully saturated rings. The zero-order valence-corrected chi connectivity index (χ0v) is 15.6. The Balaban J connectivity index is 1.42.